The zero-order valence-corrected chi connectivity index (χ0v) is 11.8. The van der Waals surface area contributed by atoms with Gasteiger partial charge in [-0.05, 0) is 18.1 Å². The molecule has 1 unspecified atom stereocenters. The van der Waals surface area contributed by atoms with Gasteiger partial charge in [-0.1, -0.05) is 13.8 Å². The Labute approximate surface area is 121 Å². The SMILES string of the molecule is CC(C)C(O)(COc1ccc(F)cc1F)Cn1cncn1. The van der Waals surface area contributed by atoms with Crippen molar-refractivity contribution in [3.05, 3.63) is 42.5 Å². The third-order valence-corrected chi connectivity index (χ3v) is 3.35. The molecule has 21 heavy (non-hydrogen) atoms. The summed E-state index contributed by atoms with van der Waals surface area (Å²) in [6.45, 7) is 3.66. The second-order valence-corrected chi connectivity index (χ2v) is 5.21. The number of aliphatic hydroxyl groups is 1. The second-order valence-electron chi connectivity index (χ2n) is 5.21. The molecule has 0 saturated heterocycles. The molecule has 7 heteroatoms. The van der Waals surface area contributed by atoms with Gasteiger partial charge in [-0.3, -0.25) is 0 Å². The molecule has 0 radical (unpaired) electrons. The standard InChI is InChI=1S/C14H17F2N3O2/c1-10(2)14(20,6-19-9-17-8-18-19)7-21-13-4-3-11(15)5-12(13)16/h3-5,8-10,20H,6-7H2,1-2H3. The van der Waals surface area contributed by atoms with Gasteiger partial charge in [0.1, 0.15) is 30.7 Å². The average molecular weight is 297 g/mol. The lowest BCUT2D eigenvalue weighted by Crippen LogP contribution is -2.45. The lowest BCUT2D eigenvalue weighted by molar-refractivity contribution is -0.0589. The minimum Gasteiger partial charge on any atom is -0.487 e. The van der Waals surface area contributed by atoms with Crippen molar-refractivity contribution in [2.45, 2.75) is 26.0 Å². The molecule has 0 bridgehead atoms. The highest BCUT2D eigenvalue weighted by Crippen LogP contribution is 2.23. The first kappa shape index (κ1) is 15.4. The molecule has 0 aliphatic carbocycles. The summed E-state index contributed by atoms with van der Waals surface area (Å²) in [5.74, 6) is -1.75. The van der Waals surface area contributed by atoms with Gasteiger partial charge in [0.2, 0.25) is 0 Å². The summed E-state index contributed by atoms with van der Waals surface area (Å²) >= 11 is 0. The topological polar surface area (TPSA) is 60.2 Å². The minimum absolute atomic E-state index is 0.103. The van der Waals surface area contributed by atoms with E-state index in [4.69, 9.17) is 4.74 Å². The lowest BCUT2D eigenvalue weighted by Gasteiger charge is -2.31. The van der Waals surface area contributed by atoms with Gasteiger partial charge >= 0.3 is 0 Å². The third kappa shape index (κ3) is 3.75. The summed E-state index contributed by atoms with van der Waals surface area (Å²) in [5, 5.41) is 14.6. The molecule has 1 atom stereocenters. The molecule has 0 fully saturated rings. The molecule has 114 valence electrons. The Morgan fingerprint density at radius 2 is 2.14 bits per heavy atom. The van der Waals surface area contributed by atoms with Crippen LogP contribution in [0.5, 0.6) is 5.75 Å². The molecule has 0 saturated carbocycles. The van der Waals surface area contributed by atoms with E-state index in [1.54, 1.807) is 0 Å². The molecule has 1 aromatic heterocycles. The van der Waals surface area contributed by atoms with Crippen LogP contribution in [0.1, 0.15) is 13.8 Å². The van der Waals surface area contributed by atoms with E-state index in [2.05, 4.69) is 10.1 Å². The van der Waals surface area contributed by atoms with Gasteiger partial charge in [0.15, 0.2) is 11.6 Å². The monoisotopic (exact) mass is 297 g/mol. The summed E-state index contributed by atoms with van der Waals surface area (Å²) in [6.07, 6.45) is 2.84. The molecule has 1 N–H and O–H groups in total. The van der Waals surface area contributed by atoms with Crippen LogP contribution < -0.4 is 4.74 Å². The fourth-order valence-electron chi connectivity index (χ4n) is 1.78. The highest BCUT2D eigenvalue weighted by Gasteiger charge is 2.33. The number of hydrogen-bond donors (Lipinski definition) is 1. The Kier molecular flexibility index (Phi) is 4.52. The number of hydrogen-bond acceptors (Lipinski definition) is 4. The van der Waals surface area contributed by atoms with Crippen LogP contribution in [0, 0.1) is 17.6 Å². The first-order chi connectivity index (χ1) is 9.90. The van der Waals surface area contributed by atoms with Crippen molar-refractivity contribution in [2.75, 3.05) is 6.61 Å². The van der Waals surface area contributed by atoms with Gasteiger partial charge in [0, 0.05) is 6.07 Å². The molecular formula is C14H17F2N3O2. The number of benzene rings is 1. The van der Waals surface area contributed by atoms with Gasteiger partial charge in [0.25, 0.3) is 0 Å². The van der Waals surface area contributed by atoms with Gasteiger partial charge in [-0.15, -0.1) is 0 Å². The summed E-state index contributed by atoms with van der Waals surface area (Å²) in [6, 6.07) is 3.03. The second kappa shape index (κ2) is 6.17. The molecule has 0 spiro atoms. The molecule has 2 aromatic rings. The van der Waals surface area contributed by atoms with Gasteiger partial charge in [-0.2, -0.15) is 5.10 Å². The fourth-order valence-corrected chi connectivity index (χ4v) is 1.78. The Hall–Kier alpha value is -2.02. The van der Waals surface area contributed by atoms with Crippen LogP contribution in [0.4, 0.5) is 8.78 Å². The maximum atomic E-state index is 13.5. The highest BCUT2D eigenvalue weighted by atomic mass is 19.1. The molecular weight excluding hydrogens is 280 g/mol. The Balaban J connectivity index is 2.09. The maximum absolute atomic E-state index is 13.5. The van der Waals surface area contributed by atoms with E-state index in [-0.39, 0.29) is 24.8 Å². The van der Waals surface area contributed by atoms with Crippen molar-refractivity contribution in [1.29, 1.82) is 0 Å². The van der Waals surface area contributed by atoms with Gasteiger partial charge in [0.05, 0.1) is 6.54 Å². The summed E-state index contributed by atoms with van der Waals surface area (Å²) < 4.78 is 33.2. The summed E-state index contributed by atoms with van der Waals surface area (Å²) in [5.41, 5.74) is -1.26. The molecule has 5 nitrogen and oxygen atoms in total. The van der Waals surface area contributed by atoms with E-state index in [1.165, 1.54) is 23.4 Å². The zero-order valence-electron chi connectivity index (χ0n) is 11.8. The maximum Gasteiger partial charge on any atom is 0.167 e. The highest BCUT2D eigenvalue weighted by molar-refractivity contribution is 5.24. The normalized spacial score (nSPS) is 14.2. The first-order valence-corrected chi connectivity index (χ1v) is 6.53. The van der Waals surface area contributed by atoms with Crippen LogP contribution in [0.25, 0.3) is 0 Å². The molecule has 0 amide bonds. The van der Waals surface area contributed by atoms with E-state index in [0.717, 1.165) is 12.1 Å². The molecule has 2 rings (SSSR count). The molecule has 0 aliphatic rings. The zero-order chi connectivity index (χ0) is 15.5. The third-order valence-electron chi connectivity index (χ3n) is 3.35. The number of halogens is 2. The van der Waals surface area contributed by atoms with E-state index in [1.807, 2.05) is 13.8 Å². The van der Waals surface area contributed by atoms with Crippen molar-refractivity contribution >= 4 is 0 Å². The predicted molar refractivity (Wildman–Crippen MR) is 71.7 cm³/mol. The molecule has 1 aromatic carbocycles. The van der Waals surface area contributed by atoms with Crippen LogP contribution in [-0.2, 0) is 6.54 Å². The van der Waals surface area contributed by atoms with Crippen LogP contribution >= 0.6 is 0 Å². The van der Waals surface area contributed by atoms with Crippen molar-refractivity contribution in [2.24, 2.45) is 5.92 Å². The van der Waals surface area contributed by atoms with Gasteiger partial charge in [-0.25, -0.2) is 18.4 Å². The summed E-state index contributed by atoms with van der Waals surface area (Å²) in [4.78, 5) is 3.81. The Bertz CT molecular complexity index is 590. The lowest BCUT2D eigenvalue weighted by atomic mass is 9.91. The first-order valence-electron chi connectivity index (χ1n) is 6.53. The minimum atomic E-state index is -1.26. The molecule has 0 aliphatic heterocycles. The smallest absolute Gasteiger partial charge is 0.167 e. The average Bonchev–Trinajstić information content (AvgIpc) is 2.90. The van der Waals surface area contributed by atoms with Crippen molar-refractivity contribution in [1.82, 2.24) is 14.8 Å². The van der Waals surface area contributed by atoms with Crippen molar-refractivity contribution < 1.29 is 18.6 Å². The fraction of sp³-hybridized carbons (Fsp3) is 0.429. The predicted octanol–water partition coefficient (Wildman–Crippen LogP) is 2.02. The van der Waals surface area contributed by atoms with Gasteiger partial charge < -0.3 is 9.84 Å². The van der Waals surface area contributed by atoms with Crippen molar-refractivity contribution in [3.63, 3.8) is 0 Å². The molecule has 1 heterocycles. The van der Waals surface area contributed by atoms with E-state index in [9.17, 15) is 13.9 Å². The van der Waals surface area contributed by atoms with Crippen LogP contribution in [0.15, 0.2) is 30.9 Å². The Morgan fingerprint density at radius 3 is 2.71 bits per heavy atom. The van der Waals surface area contributed by atoms with Crippen molar-refractivity contribution in [3.8, 4) is 5.75 Å². The largest absolute Gasteiger partial charge is 0.487 e. The quantitative estimate of drug-likeness (QED) is 0.886. The number of rotatable bonds is 6. The summed E-state index contributed by atoms with van der Waals surface area (Å²) in [7, 11) is 0. The van der Waals surface area contributed by atoms with E-state index < -0.39 is 17.2 Å². The Morgan fingerprint density at radius 1 is 1.38 bits per heavy atom. The number of ether oxygens (including phenoxy) is 1. The number of nitrogens with zero attached hydrogens (tertiary/aromatic N) is 3. The van der Waals surface area contributed by atoms with E-state index in [0.29, 0.717) is 0 Å². The number of aromatic nitrogens is 3. The van der Waals surface area contributed by atoms with Crippen LogP contribution in [0.3, 0.4) is 0 Å². The van der Waals surface area contributed by atoms with Crippen LogP contribution in [-0.4, -0.2) is 32.1 Å². The van der Waals surface area contributed by atoms with Crippen LogP contribution in [0.2, 0.25) is 0 Å². The van der Waals surface area contributed by atoms with E-state index >= 15 is 0 Å².